The van der Waals surface area contributed by atoms with Gasteiger partial charge in [0.25, 0.3) is 0 Å². The number of rotatable bonds is 4. The van der Waals surface area contributed by atoms with Gasteiger partial charge in [0.05, 0.1) is 10.4 Å². The molecule has 0 heterocycles. The summed E-state index contributed by atoms with van der Waals surface area (Å²) >= 11 is 0. The minimum absolute atomic E-state index is 0.0559. The topological polar surface area (TPSA) is 105 Å². The molecule has 0 spiro atoms. The predicted octanol–water partition coefficient (Wildman–Crippen LogP) is 1.55. The molecule has 21 heavy (non-hydrogen) atoms. The van der Waals surface area contributed by atoms with E-state index in [2.05, 4.69) is 9.88 Å². The van der Waals surface area contributed by atoms with Gasteiger partial charge in [-0.3, -0.25) is 0 Å². The average molecular weight is 315 g/mol. The Morgan fingerprint density at radius 3 is 2.33 bits per heavy atom. The van der Waals surface area contributed by atoms with Gasteiger partial charge in [-0.15, -0.1) is 0 Å². The van der Waals surface area contributed by atoms with E-state index in [1.165, 1.54) is 12.1 Å². The average Bonchev–Trinajstić information content (AvgIpc) is 2.47. The molecule has 8 heteroatoms. The molecule has 4 N–H and O–H groups in total. The van der Waals surface area contributed by atoms with Gasteiger partial charge in [0, 0.05) is 0 Å². The first kappa shape index (κ1) is 15.7. The number of nitrogens with zero attached hydrogens (tertiary/aromatic N) is 1. The third kappa shape index (κ3) is 3.33. The number of amidine groups is 1. The summed E-state index contributed by atoms with van der Waals surface area (Å²) in [6.45, 7) is 0. The summed E-state index contributed by atoms with van der Waals surface area (Å²) in [4.78, 5) is -0.0559. The van der Waals surface area contributed by atoms with Crippen LogP contribution in [0.3, 0.4) is 0 Å². The second kappa shape index (κ2) is 5.98. The highest BCUT2D eigenvalue weighted by Gasteiger charge is 2.40. The number of nitrogens with one attached hydrogen (secondary N) is 1. The Labute approximate surface area is 122 Å². The van der Waals surface area contributed by atoms with Crippen LogP contribution in [0.15, 0.2) is 34.3 Å². The van der Waals surface area contributed by atoms with Gasteiger partial charge in [-0.1, -0.05) is 24.4 Å². The normalized spacial score (nSPS) is 19.4. The first-order valence-corrected chi connectivity index (χ1v) is 8.15. The summed E-state index contributed by atoms with van der Waals surface area (Å²) < 4.78 is 40.3. The Morgan fingerprint density at radius 1 is 1.24 bits per heavy atom. The van der Waals surface area contributed by atoms with E-state index in [-0.39, 0.29) is 10.7 Å². The van der Waals surface area contributed by atoms with Crippen molar-refractivity contribution < 1.29 is 18.0 Å². The van der Waals surface area contributed by atoms with Gasteiger partial charge in [-0.05, 0) is 37.1 Å². The quantitative estimate of drug-likeness (QED) is 0.339. The Balaban J connectivity index is 2.33. The molecule has 1 fully saturated rings. The van der Waals surface area contributed by atoms with E-state index in [4.69, 9.17) is 10.9 Å². The Morgan fingerprint density at radius 2 is 1.81 bits per heavy atom. The van der Waals surface area contributed by atoms with Crippen molar-refractivity contribution in [3.63, 3.8) is 0 Å². The predicted molar refractivity (Wildman–Crippen MR) is 75.9 cm³/mol. The van der Waals surface area contributed by atoms with Crippen LogP contribution in [-0.2, 0) is 10.0 Å². The molecule has 0 bridgehead atoms. The van der Waals surface area contributed by atoms with E-state index in [0.29, 0.717) is 12.8 Å². The largest absolute Gasteiger partial charge is 0.409 e. The molecule has 1 aliphatic carbocycles. The summed E-state index contributed by atoms with van der Waals surface area (Å²) in [5.74, 6) is -0.661. The number of oxime groups is 1. The van der Waals surface area contributed by atoms with Gasteiger partial charge in [0.1, 0.15) is 5.82 Å². The highest BCUT2D eigenvalue weighted by Crippen LogP contribution is 2.30. The van der Waals surface area contributed by atoms with E-state index in [9.17, 15) is 12.8 Å². The molecule has 0 aromatic heterocycles. The summed E-state index contributed by atoms with van der Waals surface area (Å²) in [6, 6.07) is 4.51. The minimum Gasteiger partial charge on any atom is -0.409 e. The molecular weight excluding hydrogens is 297 g/mol. The summed E-state index contributed by atoms with van der Waals surface area (Å²) in [7, 11) is -3.88. The molecule has 0 amide bonds. The first-order chi connectivity index (χ1) is 9.89. The molecule has 116 valence electrons. The molecule has 6 nitrogen and oxygen atoms in total. The Hall–Kier alpha value is -1.67. The molecule has 2 rings (SSSR count). The van der Waals surface area contributed by atoms with Crippen LogP contribution in [0, 0.1) is 5.82 Å². The summed E-state index contributed by atoms with van der Waals surface area (Å²) in [5.41, 5.74) is 4.62. The lowest BCUT2D eigenvalue weighted by Crippen LogP contribution is -2.58. The molecule has 1 aromatic rings. The number of hydrogen-bond acceptors (Lipinski definition) is 4. The van der Waals surface area contributed by atoms with E-state index in [0.717, 1.165) is 31.4 Å². The highest BCUT2D eigenvalue weighted by molar-refractivity contribution is 7.89. The number of hydrogen-bond donors (Lipinski definition) is 3. The third-order valence-electron chi connectivity index (χ3n) is 3.76. The van der Waals surface area contributed by atoms with Crippen LogP contribution in [0.5, 0.6) is 0 Å². The maximum atomic E-state index is 12.9. The van der Waals surface area contributed by atoms with Gasteiger partial charge in [0.15, 0.2) is 5.84 Å². The monoisotopic (exact) mass is 315 g/mol. The zero-order valence-corrected chi connectivity index (χ0v) is 12.2. The molecular formula is C13H18FN3O3S. The zero-order valence-electron chi connectivity index (χ0n) is 11.4. The van der Waals surface area contributed by atoms with Gasteiger partial charge >= 0.3 is 0 Å². The Kier molecular flexibility index (Phi) is 4.48. The Bertz CT molecular complexity index is 623. The van der Waals surface area contributed by atoms with E-state index >= 15 is 0 Å². The SMILES string of the molecule is N/C(=N/O)C1(NS(=O)(=O)c2ccc(F)cc2)CCCCC1. The van der Waals surface area contributed by atoms with Crippen LogP contribution in [0.25, 0.3) is 0 Å². The molecule has 1 aliphatic rings. The van der Waals surface area contributed by atoms with Gasteiger partial charge < -0.3 is 10.9 Å². The first-order valence-electron chi connectivity index (χ1n) is 6.67. The summed E-state index contributed by atoms with van der Waals surface area (Å²) in [5, 5.41) is 11.9. The fourth-order valence-corrected chi connectivity index (χ4v) is 4.03. The molecule has 0 unspecified atom stereocenters. The molecule has 0 aliphatic heterocycles. The van der Waals surface area contributed by atoms with Crippen molar-refractivity contribution in [1.82, 2.24) is 4.72 Å². The lowest BCUT2D eigenvalue weighted by Gasteiger charge is -2.36. The van der Waals surface area contributed by atoms with Crippen molar-refractivity contribution in [2.24, 2.45) is 10.9 Å². The van der Waals surface area contributed by atoms with Gasteiger partial charge in [-0.25, -0.2) is 12.8 Å². The lowest BCUT2D eigenvalue weighted by molar-refractivity contribution is 0.294. The van der Waals surface area contributed by atoms with Crippen LogP contribution in [0.2, 0.25) is 0 Å². The third-order valence-corrected chi connectivity index (χ3v) is 5.31. The van der Waals surface area contributed by atoms with Crippen molar-refractivity contribution in [3.05, 3.63) is 30.1 Å². The van der Waals surface area contributed by atoms with Gasteiger partial charge in [0.2, 0.25) is 10.0 Å². The second-order valence-electron chi connectivity index (χ2n) is 5.19. The summed E-state index contributed by atoms with van der Waals surface area (Å²) in [6.07, 6.45) is 3.45. The number of nitrogens with two attached hydrogens (primary N) is 1. The maximum Gasteiger partial charge on any atom is 0.241 e. The van der Waals surface area contributed by atoms with Crippen LogP contribution in [-0.4, -0.2) is 25.0 Å². The fourth-order valence-electron chi connectivity index (χ4n) is 2.59. The number of benzene rings is 1. The van der Waals surface area contributed by atoms with Crippen molar-refractivity contribution in [2.75, 3.05) is 0 Å². The van der Waals surface area contributed by atoms with Crippen LogP contribution in [0.1, 0.15) is 32.1 Å². The molecule has 1 saturated carbocycles. The molecule has 0 radical (unpaired) electrons. The second-order valence-corrected chi connectivity index (χ2v) is 6.87. The maximum absolute atomic E-state index is 12.9. The minimum atomic E-state index is -3.88. The highest BCUT2D eigenvalue weighted by atomic mass is 32.2. The van der Waals surface area contributed by atoms with Crippen LogP contribution in [0.4, 0.5) is 4.39 Å². The van der Waals surface area contributed by atoms with Crippen molar-refractivity contribution in [1.29, 1.82) is 0 Å². The smallest absolute Gasteiger partial charge is 0.241 e. The fraction of sp³-hybridized carbons (Fsp3) is 0.462. The van der Waals surface area contributed by atoms with Crippen LogP contribution >= 0.6 is 0 Å². The van der Waals surface area contributed by atoms with Crippen LogP contribution < -0.4 is 10.5 Å². The van der Waals surface area contributed by atoms with E-state index in [1.807, 2.05) is 0 Å². The molecule has 0 atom stereocenters. The number of sulfonamides is 1. The van der Waals surface area contributed by atoms with Crippen molar-refractivity contribution in [2.45, 2.75) is 42.5 Å². The number of halogens is 1. The van der Waals surface area contributed by atoms with Crippen molar-refractivity contribution >= 4 is 15.9 Å². The van der Waals surface area contributed by atoms with E-state index in [1.54, 1.807) is 0 Å². The zero-order chi connectivity index (χ0) is 15.5. The lowest BCUT2D eigenvalue weighted by atomic mass is 9.82. The van der Waals surface area contributed by atoms with E-state index < -0.39 is 21.4 Å². The van der Waals surface area contributed by atoms with Gasteiger partial charge in [-0.2, -0.15) is 4.72 Å². The van der Waals surface area contributed by atoms with Crippen molar-refractivity contribution in [3.8, 4) is 0 Å². The standard InChI is InChI=1S/C13H18FN3O3S/c14-10-4-6-11(7-5-10)21(19,20)17-13(12(15)16-18)8-2-1-3-9-13/h4-7,17-18H,1-3,8-9H2,(H2,15,16). The molecule has 0 saturated heterocycles. The molecule has 1 aromatic carbocycles.